The fourth-order valence-electron chi connectivity index (χ4n) is 22.5. The number of fused-ring (bicyclic) bond motifs is 22. The van der Waals surface area contributed by atoms with E-state index < -0.39 is 26.8 Å². The van der Waals surface area contributed by atoms with Crippen LogP contribution >= 0.6 is 14.7 Å². The third-order valence-electron chi connectivity index (χ3n) is 29.1. The van der Waals surface area contributed by atoms with Crippen molar-refractivity contribution in [3.8, 4) is 5.75 Å². The largest absolute Gasteiger partial charge is 0.488 e. The molecule has 4 aliphatic heterocycles. The van der Waals surface area contributed by atoms with Crippen LogP contribution in [0, 0.1) is 132 Å². The van der Waals surface area contributed by atoms with E-state index in [0.717, 1.165) is 106 Å². The number of unbranched alkanes of at least 4 members (excludes halogenated alkanes) is 4. The fraction of sp³-hybridized carbons (Fsp3) is 0.581. The summed E-state index contributed by atoms with van der Waals surface area (Å²) in [7, 11) is 2.58. The van der Waals surface area contributed by atoms with Gasteiger partial charge in [-0.3, -0.25) is 76.7 Å². The van der Waals surface area contributed by atoms with Crippen molar-refractivity contribution < 1.29 is 99.4 Å². The Morgan fingerprint density at radius 1 is 0.430 bits per heavy atom. The summed E-state index contributed by atoms with van der Waals surface area (Å²) >= 11 is 0. The summed E-state index contributed by atoms with van der Waals surface area (Å²) in [6.45, 7) is 25.6. The highest BCUT2D eigenvalue weighted by atomic mass is 31.2. The number of carbonyl (C=O) groups is 12. The van der Waals surface area contributed by atoms with Gasteiger partial charge >= 0.3 is 18.0 Å². The Morgan fingerprint density at radius 3 is 1.19 bits per heavy atom. The first-order chi connectivity index (χ1) is 64.6. The summed E-state index contributed by atoms with van der Waals surface area (Å²) in [4.78, 5) is 159. The van der Waals surface area contributed by atoms with Gasteiger partial charge in [-0.2, -0.15) is 0 Å². The quantitative estimate of drug-likeness (QED) is 0.00974. The average molecular weight is 1900 g/mol. The normalized spacial score (nSPS) is 28.6. The van der Waals surface area contributed by atoms with Crippen molar-refractivity contribution in [3.05, 3.63) is 186 Å². The second kappa shape index (κ2) is 47.4. The Labute approximate surface area is 796 Å². The van der Waals surface area contributed by atoms with Crippen LogP contribution < -0.4 is 4.74 Å². The van der Waals surface area contributed by atoms with Gasteiger partial charge in [-0.25, -0.2) is 9.59 Å². The van der Waals surface area contributed by atoms with Crippen molar-refractivity contribution in [2.24, 2.45) is 118 Å². The lowest BCUT2D eigenvalue weighted by atomic mass is 9.81. The molecule has 10 aliphatic carbocycles. The van der Waals surface area contributed by atoms with Crippen LogP contribution in [0.1, 0.15) is 138 Å². The van der Waals surface area contributed by atoms with E-state index in [1.807, 2.05) is 95.0 Å². The van der Waals surface area contributed by atoms with Crippen LogP contribution in [0.25, 0.3) is 0 Å². The SMILES string of the molecule is C=C(OCCN1C(=O)[C@@H]2[C@H](C1=O)[C@H]1C=C[C@@H]2C1)N(C)CCCCc1ccccc1.CCCCCCN(C)C(=O)OCCN1C(=O)[C@@H]2[C@H](C1=O)[C@H]1C=C[C@@H]2C1.CCOC(=O)[C@H]1[C@@H](C(C)=O)[C@@H]2C=C[C@H]1C2.CCOP(C)(=O)C/C=C\CP(C)(=O)OCC.CN(C)CCN1C(=O)[C@@H]2[C@H](C1=O)[C@H]1C=C[C@@H]2C1.Cc1cc(C(=O)OCCN2C(=O)[C@@H]3[C@H](C2=O)[C@H]2C=C[C@@H]3C2)cc(C)c1OCc1ccccc1. The molecule has 4 heterocycles. The maximum absolute atomic E-state index is 12.7. The number of hydrogen-bond donors (Lipinski definition) is 0. The van der Waals surface area contributed by atoms with Crippen LogP contribution in [0.15, 0.2) is 158 Å². The van der Waals surface area contributed by atoms with Gasteiger partial charge in [0.25, 0.3) is 0 Å². The van der Waals surface area contributed by atoms with Gasteiger partial charge in [-0.15, -0.1) is 0 Å². The van der Waals surface area contributed by atoms with E-state index in [9.17, 15) is 66.7 Å². The molecular formula is C105H141N7O21P2. The van der Waals surface area contributed by atoms with Crippen LogP contribution in [0.5, 0.6) is 5.75 Å². The second-order valence-corrected chi connectivity index (χ2v) is 44.0. The number of likely N-dealkylation sites (tertiary alicyclic amines) is 4. The number of amides is 9. The van der Waals surface area contributed by atoms with Crippen molar-refractivity contribution in [3.63, 3.8) is 0 Å². The number of likely N-dealkylation sites (N-methyl/N-ethyl adjacent to an activating group) is 1. The molecule has 4 saturated heterocycles. The number of nitrogens with zero attached hydrogens (tertiary/aromatic N) is 7. The molecule has 10 bridgehead atoms. The number of hydrogen-bond acceptors (Lipinski definition) is 23. The highest BCUT2D eigenvalue weighted by molar-refractivity contribution is 7.58. The molecule has 3 aromatic carbocycles. The number of imide groups is 4. The highest BCUT2D eigenvalue weighted by Crippen LogP contribution is 2.57. The van der Waals surface area contributed by atoms with Gasteiger partial charge in [0.05, 0.1) is 98.3 Å². The molecule has 0 radical (unpaired) electrons. The van der Waals surface area contributed by atoms with Crippen molar-refractivity contribution in [2.75, 3.05) is 139 Å². The van der Waals surface area contributed by atoms with Crippen LogP contribution in [0.2, 0.25) is 0 Å². The number of aryl methyl sites for hydroxylation is 3. The maximum atomic E-state index is 12.7. The van der Waals surface area contributed by atoms with Gasteiger partial charge < -0.3 is 47.4 Å². The van der Waals surface area contributed by atoms with Gasteiger partial charge in [0.2, 0.25) is 62.0 Å². The Balaban J connectivity index is 0.000000149. The zero-order valence-electron chi connectivity index (χ0n) is 81.0. The fourth-order valence-corrected chi connectivity index (χ4v) is 24.9. The van der Waals surface area contributed by atoms with Gasteiger partial charge in [0.1, 0.15) is 38.0 Å². The number of Topliss-reactive ketones (excluding diaryl/α,β-unsaturated/α-hetero) is 1. The molecule has 3 aromatic rings. The van der Waals surface area contributed by atoms with E-state index >= 15 is 0 Å². The van der Waals surface area contributed by atoms with E-state index in [4.69, 9.17) is 32.7 Å². The molecule has 22 atom stereocenters. The van der Waals surface area contributed by atoms with Crippen LogP contribution in [-0.2, 0) is 98.1 Å². The van der Waals surface area contributed by atoms with E-state index in [0.29, 0.717) is 88.3 Å². The lowest BCUT2D eigenvalue weighted by molar-refractivity contribution is -0.152. The van der Waals surface area contributed by atoms with Crippen molar-refractivity contribution in [2.45, 2.75) is 132 Å². The molecule has 9 fully saturated rings. The van der Waals surface area contributed by atoms with E-state index in [1.165, 1.54) is 31.6 Å². The zero-order chi connectivity index (χ0) is 97.3. The van der Waals surface area contributed by atoms with Gasteiger partial charge in [0.15, 0.2) is 5.88 Å². The monoisotopic (exact) mass is 1900 g/mol. The molecule has 2 unspecified atom stereocenters. The van der Waals surface area contributed by atoms with E-state index in [2.05, 4.69) is 98.5 Å². The Morgan fingerprint density at radius 2 is 0.793 bits per heavy atom. The average Bonchev–Trinajstić information content (AvgIpc) is 1.58. The molecule has 30 heteroatoms. The predicted octanol–water partition coefficient (Wildman–Crippen LogP) is 14.9. The Kier molecular flexibility index (Phi) is 36.5. The minimum Gasteiger partial charge on any atom is -0.488 e. The summed E-state index contributed by atoms with van der Waals surface area (Å²) in [6, 6.07) is 23.9. The summed E-state index contributed by atoms with van der Waals surface area (Å²) in [5.41, 5.74) is 4.55. The molecule has 9 amide bonds. The number of esters is 2. The standard InChI is InChI=1S/C27H27NO5.C24H30N2O3.C19H28N2O4.C13H18N2O2.C12H16O3.C10H22O4P2/c1-16-12-21(13-17(2)24(16)33-15-18-6-4-3-5-7-18)27(31)32-11-10-28-25(29)22-19-8-9-20(14-19)23(22)26(28)30;1-17(25(2)13-7-6-10-18-8-4-3-5-9-18)29-15-14-26-23(27)21-19-11-12-20(16-19)22(21)24(26)28;1-3-4-5-6-9-20(2)19(24)25-11-10-21-17(22)15-13-7-8-14(12-13)16(15)18(21)23;1-14(2)5-6-15-12(16)10-8-3-4-9(7-8)11(10)13(15)17;1-3-15-12(14)11-9-5-4-8(6-9)10(11)7(2)13;1-5-13-15(3,11)9-7-8-10-16(4,12)14-6-2/h3-9,12-13,19-20,22-23H,10-11,14-15H2,1-2H3;3-5,8-9,11-12,19-22H,1,6-7,10,13-16H2,2H3;7-8,13-16H,3-6,9-12H2,1-2H3;3-4,8-11H,5-7H2,1-2H3;4-5,8-11H,3,6H2,1-2H3;7-8H,5-6,9-10H2,1-4H3/b;;;;;8-7-/t19-,20+,22+,23-;19-,20+,21+,22-;13-,14+,15+,16-;2*8-,9+,10+,11-;/m....1./s1. The predicted molar refractivity (Wildman–Crippen MR) is 513 cm³/mol. The molecule has 0 spiro atoms. The zero-order valence-corrected chi connectivity index (χ0v) is 82.8. The lowest BCUT2D eigenvalue weighted by Gasteiger charge is -2.23. The van der Waals surface area contributed by atoms with Gasteiger partial charge in [-0.1, -0.05) is 160 Å². The topological polar surface area (TPSA) is 326 Å². The maximum Gasteiger partial charge on any atom is 0.409 e. The van der Waals surface area contributed by atoms with Gasteiger partial charge in [-0.05, 0) is 214 Å². The number of allylic oxidation sites excluding steroid dienone is 12. The number of carbonyl (C=O) groups excluding carboxylic acids is 12. The molecule has 5 saturated carbocycles. The first kappa shape index (κ1) is 104. The third-order valence-corrected chi connectivity index (χ3v) is 32.4. The highest BCUT2D eigenvalue weighted by Gasteiger charge is 2.63. The number of rotatable bonds is 39. The number of ketones is 1. The number of benzene rings is 3. The molecular weight excluding hydrogens is 1760 g/mol. The molecule has 0 aromatic heterocycles. The summed E-state index contributed by atoms with van der Waals surface area (Å²) in [5, 5.41) is 0. The Bertz CT molecular complexity index is 4910. The molecule has 732 valence electrons. The van der Waals surface area contributed by atoms with Crippen LogP contribution in [0.4, 0.5) is 4.79 Å². The molecule has 17 rings (SSSR count). The van der Waals surface area contributed by atoms with Crippen LogP contribution in [-0.4, -0.2) is 245 Å². The smallest absolute Gasteiger partial charge is 0.409 e. The van der Waals surface area contributed by atoms with Crippen molar-refractivity contribution in [1.29, 1.82) is 0 Å². The summed E-state index contributed by atoms with van der Waals surface area (Å²) in [5.74, 6) is 1.38. The van der Waals surface area contributed by atoms with Crippen molar-refractivity contribution in [1.82, 2.24) is 34.3 Å². The van der Waals surface area contributed by atoms with Crippen LogP contribution in [0.3, 0.4) is 0 Å². The molecule has 135 heavy (non-hydrogen) atoms. The van der Waals surface area contributed by atoms with Crippen molar-refractivity contribution >= 4 is 85.8 Å². The third kappa shape index (κ3) is 25.0. The molecule has 0 N–H and O–H groups in total. The number of ether oxygens (including phenoxy) is 5. The first-order valence-corrected chi connectivity index (χ1v) is 53.2. The summed E-state index contributed by atoms with van der Waals surface area (Å²) in [6.07, 6.45) is 37.2. The Hall–Kier alpha value is -9.98. The second-order valence-electron chi connectivity index (χ2n) is 38.7. The lowest BCUT2D eigenvalue weighted by Crippen LogP contribution is -2.38. The minimum absolute atomic E-state index is 0.0110. The molecule has 14 aliphatic rings. The molecule has 28 nitrogen and oxygen atoms in total. The van der Waals surface area contributed by atoms with E-state index in [-0.39, 0.29) is 192 Å². The van der Waals surface area contributed by atoms with Gasteiger partial charge in [0, 0.05) is 71.8 Å². The first-order valence-electron chi connectivity index (χ1n) is 48.7. The summed E-state index contributed by atoms with van der Waals surface area (Å²) < 4.78 is 61.0. The van der Waals surface area contributed by atoms with E-state index in [1.54, 1.807) is 63.4 Å². The minimum atomic E-state index is -2.51.